The van der Waals surface area contributed by atoms with Crippen molar-refractivity contribution in [1.29, 1.82) is 0 Å². The van der Waals surface area contributed by atoms with Gasteiger partial charge in [0.1, 0.15) is 11.5 Å². The van der Waals surface area contributed by atoms with Gasteiger partial charge in [0.25, 0.3) is 11.5 Å². The molecule has 0 atom stereocenters. The molecule has 0 saturated carbocycles. The van der Waals surface area contributed by atoms with Crippen LogP contribution in [0.3, 0.4) is 0 Å². The first-order chi connectivity index (χ1) is 11.5. The zero-order chi connectivity index (χ0) is 17.1. The number of ether oxygens (including phenoxy) is 1. The molecule has 0 aromatic carbocycles. The number of aromatic nitrogens is 3. The van der Waals surface area contributed by atoms with Crippen LogP contribution < -0.4 is 10.9 Å². The Morgan fingerprint density at radius 1 is 1.29 bits per heavy atom. The Morgan fingerprint density at radius 3 is 2.71 bits per heavy atom. The van der Waals surface area contributed by atoms with Gasteiger partial charge in [0.2, 0.25) is 0 Å². The molecular formula is C16H19N5O3. The number of nitrogens with zero attached hydrogens (tertiary/aromatic N) is 4. The lowest BCUT2D eigenvalue weighted by Gasteiger charge is -2.26. The molecule has 8 heteroatoms. The minimum absolute atomic E-state index is 0.0620. The molecule has 1 N–H and O–H groups in total. The van der Waals surface area contributed by atoms with Gasteiger partial charge in [-0.2, -0.15) is 5.10 Å². The summed E-state index contributed by atoms with van der Waals surface area (Å²) in [6.07, 6.45) is 1.51. The van der Waals surface area contributed by atoms with E-state index in [0.717, 1.165) is 5.69 Å². The van der Waals surface area contributed by atoms with Crippen LogP contribution in [-0.2, 0) is 11.8 Å². The molecule has 0 spiro atoms. The Balaban J connectivity index is 1.75. The molecule has 1 saturated heterocycles. The zero-order valence-corrected chi connectivity index (χ0v) is 13.7. The third kappa shape index (κ3) is 3.43. The first-order valence-corrected chi connectivity index (χ1v) is 7.69. The first-order valence-electron chi connectivity index (χ1n) is 7.69. The maximum atomic E-state index is 12.4. The first kappa shape index (κ1) is 16.1. The second-order valence-corrected chi connectivity index (χ2v) is 5.59. The van der Waals surface area contributed by atoms with Crippen LogP contribution >= 0.6 is 0 Å². The minimum atomic E-state index is -0.240. The normalized spacial score (nSPS) is 14.5. The largest absolute Gasteiger partial charge is 0.378 e. The van der Waals surface area contributed by atoms with Crippen molar-refractivity contribution in [2.45, 2.75) is 6.92 Å². The average Bonchev–Trinajstić information content (AvgIpc) is 2.60. The van der Waals surface area contributed by atoms with E-state index in [9.17, 15) is 9.59 Å². The summed E-state index contributed by atoms with van der Waals surface area (Å²) in [4.78, 5) is 30.4. The molecule has 3 rings (SSSR count). The lowest BCUT2D eigenvalue weighted by atomic mass is 10.2. The van der Waals surface area contributed by atoms with Gasteiger partial charge in [-0.3, -0.25) is 9.59 Å². The smallest absolute Gasteiger partial charge is 0.290 e. The summed E-state index contributed by atoms with van der Waals surface area (Å²) in [5.74, 6) is 0.434. The molecule has 1 amide bonds. The summed E-state index contributed by atoms with van der Waals surface area (Å²) in [5.41, 5.74) is 1.39. The van der Waals surface area contributed by atoms with Crippen molar-refractivity contribution in [3.8, 4) is 0 Å². The van der Waals surface area contributed by atoms with Crippen molar-refractivity contribution in [1.82, 2.24) is 19.7 Å². The molecule has 0 aliphatic carbocycles. The highest BCUT2D eigenvalue weighted by Gasteiger charge is 2.18. The van der Waals surface area contributed by atoms with Crippen molar-refractivity contribution >= 4 is 17.4 Å². The van der Waals surface area contributed by atoms with Gasteiger partial charge in [-0.05, 0) is 25.1 Å². The molecule has 2 aromatic rings. The minimum Gasteiger partial charge on any atom is -0.378 e. The number of carbonyl (C=O) groups excluding carboxylic acids is 1. The molecule has 8 nitrogen and oxygen atoms in total. The van der Waals surface area contributed by atoms with E-state index in [1.807, 2.05) is 6.92 Å². The Labute approximate surface area is 139 Å². The van der Waals surface area contributed by atoms with Crippen molar-refractivity contribution in [3.63, 3.8) is 0 Å². The van der Waals surface area contributed by atoms with Crippen molar-refractivity contribution in [2.24, 2.45) is 7.05 Å². The molecule has 0 radical (unpaired) electrons. The topological polar surface area (TPSA) is 89.4 Å². The number of hydrogen-bond donors (Lipinski definition) is 1. The molecule has 3 heterocycles. The number of amides is 1. The van der Waals surface area contributed by atoms with Crippen molar-refractivity contribution < 1.29 is 9.53 Å². The number of pyridine rings is 1. The Hall–Kier alpha value is -2.74. The second kappa shape index (κ2) is 6.79. The lowest BCUT2D eigenvalue weighted by Crippen LogP contribution is -2.40. The van der Waals surface area contributed by atoms with E-state index >= 15 is 0 Å². The van der Waals surface area contributed by atoms with Gasteiger partial charge in [-0.1, -0.05) is 0 Å². The van der Waals surface area contributed by atoms with E-state index in [0.29, 0.717) is 43.4 Å². The van der Waals surface area contributed by atoms with Crippen LogP contribution in [0.2, 0.25) is 0 Å². The standard InChI is InChI=1S/C16H19N5O3/c1-11-9-13(16(23)20(2)19-11)18-14-4-3-12(10-17-14)15(22)21-5-7-24-8-6-21/h3-4,9-10H,5-8H2,1-2H3,(H,17,18). The molecule has 126 valence electrons. The van der Waals surface area contributed by atoms with Crippen LogP contribution in [0.5, 0.6) is 0 Å². The number of rotatable bonds is 3. The van der Waals surface area contributed by atoms with Gasteiger partial charge in [0.15, 0.2) is 0 Å². The van der Waals surface area contributed by atoms with Crippen LogP contribution in [0, 0.1) is 6.92 Å². The summed E-state index contributed by atoms with van der Waals surface area (Å²) < 4.78 is 6.52. The number of nitrogens with one attached hydrogen (secondary N) is 1. The van der Waals surface area contributed by atoms with Gasteiger partial charge < -0.3 is 15.0 Å². The van der Waals surface area contributed by atoms with Crippen LogP contribution in [-0.4, -0.2) is 51.9 Å². The van der Waals surface area contributed by atoms with E-state index in [-0.39, 0.29) is 11.5 Å². The molecular weight excluding hydrogens is 310 g/mol. The quantitative estimate of drug-likeness (QED) is 0.891. The van der Waals surface area contributed by atoms with E-state index in [2.05, 4.69) is 15.4 Å². The Kier molecular flexibility index (Phi) is 4.57. The van der Waals surface area contributed by atoms with Crippen LogP contribution in [0.25, 0.3) is 0 Å². The summed E-state index contributed by atoms with van der Waals surface area (Å²) in [6, 6.07) is 5.05. The third-order valence-electron chi connectivity index (χ3n) is 3.76. The fourth-order valence-electron chi connectivity index (χ4n) is 2.53. The van der Waals surface area contributed by atoms with E-state index < -0.39 is 0 Å². The van der Waals surface area contributed by atoms with Gasteiger partial charge in [-0.15, -0.1) is 0 Å². The van der Waals surface area contributed by atoms with Crippen LogP contribution in [0.1, 0.15) is 16.1 Å². The van der Waals surface area contributed by atoms with Crippen molar-refractivity contribution in [3.05, 3.63) is 46.0 Å². The molecule has 1 aliphatic rings. The summed E-state index contributed by atoms with van der Waals surface area (Å²) in [5, 5.41) is 7.02. The van der Waals surface area contributed by atoms with Crippen LogP contribution in [0.4, 0.5) is 11.5 Å². The molecule has 1 fully saturated rings. The second-order valence-electron chi connectivity index (χ2n) is 5.59. The maximum absolute atomic E-state index is 12.4. The maximum Gasteiger partial charge on any atom is 0.290 e. The highest BCUT2D eigenvalue weighted by atomic mass is 16.5. The molecule has 2 aromatic heterocycles. The fourth-order valence-corrected chi connectivity index (χ4v) is 2.53. The van der Waals surface area contributed by atoms with E-state index in [1.165, 1.54) is 10.9 Å². The SMILES string of the molecule is Cc1cc(Nc2ccc(C(=O)N3CCOCC3)cn2)c(=O)n(C)n1. The average molecular weight is 329 g/mol. The predicted molar refractivity (Wildman–Crippen MR) is 88.5 cm³/mol. The lowest BCUT2D eigenvalue weighted by molar-refractivity contribution is 0.0302. The zero-order valence-electron chi connectivity index (χ0n) is 13.7. The molecule has 0 bridgehead atoms. The summed E-state index contributed by atoms with van der Waals surface area (Å²) >= 11 is 0. The van der Waals surface area contributed by atoms with E-state index in [1.54, 1.807) is 30.1 Å². The third-order valence-corrected chi connectivity index (χ3v) is 3.76. The van der Waals surface area contributed by atoms with Crippen LogP contribution in [0.15, 0.2) is 29.2 Å². The Bertz CT molecular complexity index is 794. The Morgan fingerprint density at radius 2 is 2.04 bits per heavy atom. The number of morpholine rings is 1. The highest BCUT2D eigenvalue weighted by Crippen LogP contribution is 2.13. The fraction of sp³-hybridized carbons (Fsp3) is 0.375. The van der Waals surface area contributed by atoms with Crippen molar-refractivity contribution in [2.75, 3.05) is 31.6 Å². The predicted octanol–water partition coefficient (Wildman–Crippen LogP) is 0.700. The molecule has 0 unspecified atom stereocenters. The number of aryl methyl sites for hydroxylation is 2. The molecule has 24 heavy (non-hydrogen) atoms. The van der Waals surface area contributed by atoms with Gasteiger partial charge in [0.05, 0.1) is 24.5 Å². The van der Waals surface area contributed by atoms with Gasteiger partial charge >= 0.3 is 0 Å². The number of carbonyl (C=O) groups is 1. The van der Waals surface area contributed by atoms with Gasteiger partial charge in [-0.25, -0.2) is 9.67 Å². The summed E-state index contributed by atoms with van der Waals surface area (Å²) in [6.45, 7) is 4.10. The highest BCUT2D eigenvalue weighted by molar-refractivity contribution is 5.94. The number of anilines is 2. The monoisotopic (exact) mass is 329 g/mol. The van der Waals surface area contributed by atoms with Gasteiger partial charge in [0, 0.05) is 26.3 Å². The molecule has 1 aliphatic heterocycles. The summed E-state index contributed by atoms with van der Waals surface area (Å²) in [7, 11) is 1.60. The van der Waals surface area contributed by atoms with E-state index in [4.69, 9.17) is 4.74 Å². The number of hydrogen-bond acceptors (Lipinski definition) is 6.